The molecule has 0 aliphatic heterocycles. The van der Waals surface area contributed by atoms with E-state index in [1.807, 2.05) is 0 Å². The van der Waals surface area contributed by atoms with E-state index in [9.17, 15) is 0 Å². The maximum Gasteiger partial charge on any atom is 0.0107 e. The molecular formula is C14H30N2. The van der Waals surface area contributed by atoms with Crippen molar-refractivity contribution in [2.24, 2.45) is 11.8 Å². The van der Waals surface area contributed by atoms with Crippen LogP contribution in [-0.2, 0) is 0 Å². The fourth-order valence-electron chi connectivity index (χ4n) is 2.92. The number of hydrogen-bond acceptors (Lipinski definition) is 2. The smallest absolute Gasteiger partial charge is 0.0107 e. The lowest BCUT2D eigenvalue weighted by Gasteiger charge is -2.27. The Labute approximate surface area is 102 Å². The molecule has 96 valence electrons. The minimum Gasteiger partial charge on any atom is -0.314 e. The zero-order valence-corrected chi connectivity index (χ0v) is 11.6. The van der Waals surface area contributed by atoms with Gasteiger partial charge in [-0.15, -0.1) is 0 Å². The summed E-state index contributed by atoms with van der Waals surface area (Å²) in [5.41, 5.74) is 0. The molecule has 0 aromatic carbocycles. The Bertz CT molecular complexity index is 182. The van der Waals surface area contributed by atoms with Gasteiger partial charge in [0.05, 0.1) is 0 Å². The Morgan fingerprint density at radius 3 is 2.69 bits per heavy atom. The molecule has 1 aliphatic rings. The quantitative estimate of drug-likeness (QED) is 0.718. The number of nitrogens with one attached hydrogen (secondary N) is 1. The van der Waals surface area contributed by atoms with Crippen LogP contribution in [0, 0.1) is 11.8 Å². The van der Waals surface area contributed by atoms with E-state index in [0.29, 0.717) is 0 Å². The average Bonchev–Trinajstić information content (AvgIpc) is 2.66. The van der Waals surface area contributed by atoms with Gasteiger partial charge in [0.2, 0.25) is 0 Å². The molecule has 1 rings (SSSR count). The van der Waals surface area contributed by atoms with Gasteiger partial charge in [-0.3, -0.25) is 0 Å². The number of rotatable bonds is 7. The van der Waals surface area contributed by atoms with Crippen molar-refractivity contribution in [2.45, 2.75) is 52.5 Å². The van der Waals surface area contributed by atoms with Crippen molar-refractivity contribution >= 4 is 0 Å². The molecule has 0 aromatic rings. The summed E-state index contributed by atoms with van der Waals surface area (Å²) in [4.78, 5) is 2.54. The zero-order valence-electron chi connectivity index (χ0n) is 11.6. The van der Waals surface area contributed by atoms with Crippen LogP contribution in [0.3, 0.4) is 0 Å². The van der Waals surface area contributed by atoms with Gasteiger partial charge in [-0.1, -0.05) is 33.6 Å². The van der Waals surface area contributed by atoms with E-state index >= 15 is 0 Å². The Morgan fingerprint density at radius 2 is 2.06 bits per heavy atom. The van der Waals surface area contributed by atoms with Gasteiger partial charge in [-0.2, -0.15) is 0 Å². The summed E-state index contributed by atoms with van der Waals surface area (Å²) in [6, 6.07) is 0.782. The van der Waals surface area contributed by atoms with Crippen molar-refractivity contribution in [2.75, 3.05) is 26.7 Å². The van der Waals surface area contributed by atoms with Crippen LogP contribution in [0.5, 0.6) is 0 Å². The molecule has 2 nitrogen and oxygen atoms in total. The predicted molar refractivity (Wildman–Crippen MR) is 71.8 cm³/mol. The molecule has 1 saturated carbocycles. The molecule has 0 aromatic heterocycles. The van der Waals surface area contributed by atoms with Crippen LogP contribution in [-0.4, -0.2) is 37.6 Å². The highest BCUT2D eigenvalue weighted by Gasteiger charge is 2.27. The van der Waals surface area contributed by atoms with Crippen molar-refractivity contribution in [3.63, 3.8) is 0 Å². The zero-order chi connectivity index (χ0) is 12.0. The molecule has 0 saturated heterocycles. The van der Waals surface area contributed by atoms with Crippen LogP contribution in [0.1, 0.15) is 46.5 Å². The van der Waals surface area contributed by atoms with E-state index in [0.717, 1.165) is 24.4 Å². The highest BCUT2D eigenvalue weighted by Crippen LogP contribution is 2.26. The van der Waals surface area contributed by atoms with Gasteiger partial charge in [0.25, 0.3) is 0 Å². The summed E-state index contributed by atoms with van der Waals surface area (Å²) in [6.07, 6.45) is 5.52. The normalized spacial score (nSPS) is 27.6. The van der Waals surface area contributed by atoms with Crippen molar-refractivity contribution in [1.82, 2.24) is 10.2 Å². The van der Waals surface area contributed by atoms with Gasteiger partial charge in [0.15, 0.2) is 0 Å². The monoisotopic (exact) mass is 226 g/mol. The third kappa shape index (κ3) is 4.42. The fourth-order valence-corrected chi connectivity index (χ4v) is 2.92. The van der Waals surface area contributed by atoms with E-state index in [1.165, 1.54) is 38.8 Å². The molecule has 1 fully saturated rings. The van der Waals surface area contributed by atoms with E-state index in [2.05, 4.69) is 38.0 Å². The van der Waals surface area contributed by atoms with Crippen LogP contribution >= 0.6 is 0 Å². The molecular weight excluding hydrogens is 196 g/mol. The first kappa shape index (κ1) is 14.0. The highest BCUT2D eigenvalue weighted by atomic mass is 15.1. The van der Waals surface area contributed by atoms with Crippen LogP contribution in [0.2, 0.25) is 0 Å². The second kappa shape index (κ2) is 7.29. The summed E-state index contributed by atoms with van der Waals surface area (Å²) < 4.78 is 0. The maximum atomic E-state index is 3.64. The van der Waals surface area contributed by atoms with E-state index in [4.69, 9.17) is 0 Å². The average molecular weight is 226 g/mol. The lowest BCUT2D eigenvalue weighted by Crippen LogP contribution is -2.39. The third-order valence-electron chi connectivity index (χ3n) is 3.99. The second-order valence-electron chi connectivity index (χ2n) is 5.59. The van der Waals surface area contributed by atoms with Gasteiger partial charge in [0.1, 0.15) is 0 Å². The molecule has 2 heteroatoms. The first-order valence-electron chi connectivity index (χ1n) is 7.09. The van der Waals surface area contributed by atoms with Gasteiger partial charge in [-0.25, -0.2) is 0 Å². The number of hydrogen-bond donors (Lipinski definition) is 1. The van der Waals surface area contributed by atoms with Gasteiger partial charge in [-0.05, 0) is 38.3 Å². The van der Waals surface area contributed by atoms with Crippen LogP contribution in [0.15, 0.2) is 0 Å². The molecule has 0 bridgehead atoms. The van der Waals surface area contributed by atoms with Crippen molar-refractivity contribution in [1.29, 1.82) is 0 Å². The Kier molecular flexibility index (Phi) is 6.37. The van der Waals surface area contributed by atoms with Crippen LogP contribution < -0.4 is 5.32 Å². The van der Waals surface area contributed by atoms with Crippen molar-refractivity contribution in [3.8, 4) is 0 Å². The number of nitrogens with zero attached hydrogens (tertiary/aromatic N) is 1. The molecule has 0 spiro atoms. The Morgan fingerprint density at radius 1 is 1.31 bits per heavy atom. The standard InChI is InChI=1S/C14H30N2/c1-5-12(3)10-16(4)11-13-8-7-9-14(13)15-6-2/h12-15H,5-11H2,1-4H3. The lowest BCUT2D eigenvalue weighted by atomic mass is 10.0. The summed E-state index contributed by atoms with van der Waals surface area (Å²) >= 11 is 0. The summed E-state index contributed by atoms with van der Waals surface area (Å²) in [5, 5.41) is 3.64. The molecule has 1 aliphatic carbocycles. The first-order valence-corrected chi connectivity index (χ1v) is 7.09. The van der Waals surface area contributed by atoms with Crippen molar-refractivity contribution < 1.29 is 0 Å². The second-order valence-corrected chi connectivity index (χ2v) is 5.59. The molecule has 3 unspecified atom stereocenters. The summed E-state index contributed by atoms with van der Waals surface area (Å²) in [6.45, 7) is 10.5. The SMILES string of the molecule is CCNC1CCCC1CN(C)CC(C)CC. The summed E-state index contributed by atoms with van der Waals surface area (Å²) in [5.74, 6) is 1.72. The molecule has 1 N–H and O–H groups in total. The molecule has 0 amide bonds. The van der Waals surface area contributed by atoms with Crippen LogP contribution in [0.25, 0.3) is 0 Å². The molecule has 0 heterocycles. The topological polar surface area (TPSA) is 15.3 Å². The Balaban J connectivity index is 2.29. The third-order valence-corrected chi connectivity index (χ3v) is 3.99. The van der Waals surface area contributed by atoms with E-state index in [-0.39, 0.29) is 0 Å². The molecule has 3 atom stereocenters. The summed E-state index contributed by atoms with van der Waals surface area (Å²) in [7, 11) is 2.29. The fraction of sp³-hybridized carbons (Fsp3) is 1.00. The van der Waals surface area contributed by atoms with Gasteiger partial charge < -0.3 is 10.2 Å². The van der Waals surface area contributed by atoms with Crippen LogP contribution in [0.4, 0.5) is 0 Å². The van der Waals surface area contributed by atoms with E-state index < -0.39 is 0 Å². The predicted octanol–water partition coefficient (Wildman–Crippen LogP) is 2.74. The lowest BCUT2D eigenvalue weighted by molar-refractivity contribution is 0.224. The highest BCUT2D eigenvalue weighted by molar-refractivity contribution is 4.84. The largest absolute Gasteiger partial charge is 0.314 e. The Hall–Kier alpha value is -0.0800. The maximum absolute atomic E-state index is 3.64. The minimum absolute atomic E-state index is 0.782. The van der Waals surface area contributed by atoms with Crippen molar-refractivity contribution in [3.05, 3.63) is 0 Å². The molecule has 16 heavy (non-hydrogen) atoms. The minimum atomic E-state index is 0.782. The van der Waals surface area contributed by atoms with Gasteiger partial charge >= 0.3 is 0 Å². The first-order chi connectivity index (χ1) is 7.67. The molecule has 0 radical (unpaired) electrons. The van der Waals surface area contributed by atoms with E-state index in [1.54, 1.807) is 0 Å². The van der Waals surface area contributed by atoms with Gasteiger partial charge in [0, 0.05) is 19.1 Å².